The Bertz CT molecular complexity index is 1500. The first-order valence-electron chi connectivity index (χ1n) is 12.5. The van der Waals surface area contributed by atoms with Crippen molar-refractivity contribution in [3.8, 4) is 0 Å². The summed E-state index contributed by atoms with van der Waals surface area (Å²) in [5.74, 6) is 0.252. The van der Waals surface area contributed by atoms with Crippen molar-refractivity contribution in [3.05, 3.63) is 34.6 Å². The van der Waals surface area contributed by atoms with E-state index >= 15 is 0 Å². The summed E-state index contributed by atoms with van der Waals surface area (Å²) in [6, 6.07) is 7.53. The van der Waals surface area contributed by atoms with Crippen LogP contribution < -0.4 is 26.4 Å². The van der Waals surface area contributed by atoms with Crippen molar-refractivity contribution < 1.29 is 33.1 Å². The quantitative estimate of drug-likeness (QED) is 0.154. The topological polar surface area (TPSA) is 210 Å². The Kier molecular flexibility index (Phi) is 8.20. The second-order valence-electron chi connectivity index (χ2n) is 9.55. The van der Waals surface area contributed by atoms with Crippen molar-refractivity contribution in [2.75, 3.05) is 42.4 Å². The first kappa shape index (κ1) is 28.5. The molecule has 216 valence electrons. The lowest BCUT2D eigenvalue weighted by Crippen LogP contribution is -2.41. The average molecular weight is 595 g/mol. The van der Waals surface area contributed by atoms with Crippen LogP contribution >= 0.6 is 19.6 Å². The summed E-state index contributed by atoms with van der Waals surface area (Å²) in [5.41, 5.74) is 6.97. The molecule has 17 heteroatoms. The maximum absolute atomic E-state index is 12.5. The van der Waals surface area contributed by atoms with Gasteiger partial charge >= 0.3 is 0 Å². The predicted octanol–water partition coefficient (Wildman–Crippen LogP) is 0.811. The van der Waals surface area contributed by atoms with Crippen LogP contribution in [0.3, 0.4) is 0 Å². The maximum atomic E-state index is 12.5. The number of fused-ring (bicyclic) bond motifs is 2. The Morgan fingerprint density at radius 2 is 2.08 bits per heavy atom. The van der Waals surface area contributed by atoms with Crippen LogP contribution in [0.2, 0.25) is 0 Å². The highest BCUT2D eigenvalue weighted by molar-refractivity contribution is 7.99. The Labute approximate surface area is 232 Å². The van der Waals surface area contributed by atoms with Crippen LogP contribution in [-0.2, 0) is 23.1 Å². The molecule has 2 aromatic heterocycles. The Hall–Kier alpha value is -2.98. The number of imidazole rings is 1. The number of rotatable bonds is 9. The summed E-state index contributed by atoms with van der Waals surface area (Å²) in [6.07, 6.45) is -3.12. The summed E-state index contributed by atoms with van der Waals surface area (Å²) in [5, 5.41) is 14.1. The number of hydrogen-bond donors (Lipinski definition) is 4. The fourth-order valence-electron chi connectivity index (χ4n) is 4.47. The highest BCUT2D eigenvalue weighted by Gasteiger charge is 2.51. The molecule has 4 heterocycles. The van der Waals surface area contributed by atoms with Gasteiger partial charge in [0.1, 0.15) is 18.3 Å². The van der Waals surface area contributed by atoms with Gasteiger partial charge in [-0.25, -0.2) is 4.98 Å². The number of aromatic nitrogens is 4. The molecule has 2 fully saturated rings. The number of phosphoric acid groups is 1. The monoisotopic (exact) mass is 594 g/mol. The minimum atomic E-state index is -4.58. The van der Waals surface area contributed by atoms with Crippen LogP contribution in [-0.4, -0.2) is 75.3 Å². The van der Waals surface area contributed by atoms with Crippen LogP contribution in [0.5, 0.6) is 0 Å². The molecule has 3 unspecified atom stereocenters. The molecule has 3 aromatic rings. The Morgan fingerprint density at radius 1 is 1.32 bits per heavy atom. The fraction of sp³-hybridized carbons (Fsp3) is 0.478. The van der Waals surface area contributed by atoms with Gasteiger partial charge in [-0.2, -0.15) is 4.98 Å². The van der Waals surface area contributed by atoms with Crippen molar-refractivity contribution in [1.82, 2.24) is 19.5 Å². The van der Waals surface area contributed by atoms with Gasteiger partial charge in [0.15, 0.2) is 22.5 Å². The van der Waals surface area contributed by atoms with Crippen molar-refractivity contribution >= 4 is 54.0 Å². The number of aromatic amines is 1. The van der Waals surface area contributed by atoms with Crippen molar-refractivity contribution in [3.63, 3.8) is 0 Å². The number of H-pyrrole nitrogens is 1. The van der Waals surface area contributed by atoms with Gasteiger partial charge in [0.2, 0.25) is 11.9 Å². The molecule has 0 radical (unpaired) electrons. The molecule has 15 nitrogen and oxygen atoms in total. The van der Waals surface area contributed by atoms with Gasteiger partial charge in [-0.15, -0.1) is 0 Å². The highest BCUT2D eigenvalue weighted by atomic mass is 32.2. The van der Waals surface area contributed by atoms with Gasteiger partial charge < -0.3 is 39.7 Å². The second kappa shape index (κ2) is 11.5. The highest BCUT2D eigenvalue weighted by Crippen LogP contribution is 2.50. The van der Waals surface area contributed by atoms with E-state index in [-0.39, 0.29) is 29.6 Å². The molecule has 0 spiro atoms. The smallest absolute Gasteiger partial charge is 0.280 e. The molecule has 1 amide bonds. The number of nitrogens with zero attached hydrogens (tertiary/aromatic N) is 4. The number of thioether (sulfide) groups is 1. The predicted molar refractivity (Wildman–Crippen MR) is 145 cm³/mol. The second-order valence-corrected chi connectivity index (χ2v) is 12.0. The molecule has 2 aliphatic rings. The van der Waals surface area contributed by atoms with Gasteiger partial charge in [-0.1, -0.05) is 11.8 Å². The number of hydrogen-bond acceptors (Lipinski definition) is 13. The lowest BCUT2D eigenvalue weighted by atomic mass is 10.1. The van der Waals surface area contributed by atoms with E-state index in [0.29, 0.717) is 35.9 Å². The number of ether oxygens (including phenoxy) is 1. The number of aliphatic hydroxyl groups excluding tert-OH is 1. The largest absolute Gasteiger partial charge is 0.756 e. The summed E-state index contributed by atoms with van der Waals surface area (Å²) in [4.78, 5) is 49.6. The molecule has 0 saturated carbocycles. The molecular formula is C23H29N7O8PS-. The zero-order valence-electron chi connectivity index (χ0n) is 21.7. The third-order valence-corrected chi connectivity index (χ3v) is 8.45. The van der Waals surface area contributed by atoms with Crippen molar-refractivity contribution in [2.45, 2.75) is 49.0 Å². The van der Waals surface area contributed by atoms with Crippen molar-refractivity contribution in [1.29, 1.82) is 0 Å². The minimum absolute atomic E-state index is 0.0197. The van der Waals surface area contributed by atoms with Gasteiger partial charge in [-0.05, 0) is 37.1 Å². The zero-order valence-corrected chi connectivity index (χ0v) is 23.4. The van der Waals surface area contributed by atoms with E-state index in [0.717, 1.165) is 5.69 Å². The Morgan fingerprint density at radius 3 is 2.80 bits per heavy atom. The first-order valence-corrected chi connectivity index (χ1v) is 14.9. The fourth-order valence-corrected chi connectivity index (χ4v) is 6.44. The third-order valence-electron chi connectivity index (χ3n) is 6.44. The van der Waals surface area contributed by atoms with Gasteiger partial charge in [0.25, 0.3) is 13.4 Å². The van der Waals surface area contributed by atoms with E-state index in [1.807, 2.05) is 43.3 Å². The number of unbranched alkanes of at least 4 members (excludes halogenated alkanes) is 1. The number of benzene rings is 1. The van der Waals surface area contributed by atoms with E-state index in [2.05, 4.69) is 20.3 Å². The molecule has 5 atom stereocenters. The lowest BCUT2D eigenvalue weighted by Gasteiger charge is -2.34. The normalized spacial score (nSPS) is 26.1. The summed E-state index contributed by atoms with van der Waals surface area (Å²) in [6.45, 7) is -0.327. The van der Waals surface area contributed by atoms with Gasteiger partial charge in [0.05, 0.1) is 6.61 Å². The lowest BCUT2D eigenvalue weighted by molar-refractivity contribution is -0.245. The first-order chi connectivity index (χ1) is 19.0. The summed E-state index contributed by atoms with van der Waals surface area (Å²) >= 11 is 1.27. The van der Waals surface area contributed by atoms with E-state index < -0.39 is 37.9 Å². The number of carbonyl (C=O) groups is 1. The standard InChI is InChI=1S/C23H30N7O8PS/c1-29(2)13-8-6-12(7-9-13)25-15(31)5-3-4-10-40-23-26-16-19(27-22(24)28-20(16)33)30(23)21-17(32)18-14(37-21)11-36-39(34,35)38-18/h6-9,14,17-18,21,32H,3-5,10-11H2,1-2H3,(H,25,31)(H,34,35)(H3,24,27,28,33)/p-1/t14?,17?,18-,21-/m1/s1. The molecule has 2 aliphatic heterocycles. The van der Waals surface area contributed by atoms with Crippen LogP contribution in [0.15, 0.2) is 34.2 Å². The Balaban J connectivity index is 1.24. The molecule has 5 rings (SSSR count). The van der Waals surface area contributed by atoms with E-state index in [9.17, 15) is 24.2 Å². The van der Waals surface area contributed by atoms with E-state index in [1.54, 1.807) is 0 Å². The maximum Gasteiger partial charge on any atom is 0.280 e. The number of nitrogen functional groups attached to an aromatic ring is 1. The number of aliphatic hydroxyl groups is 1. The number of phosphoric ester groups is 1. The average Bonchev–Trinajstić information content (AvgIpc) is 3.40. The van der Waals surface area contributed by atoms with Gasteiger partial charge in [-0.3, -0.25) is 23.7 Å². The van der Waals surface area contributed by atoms with Crippen LogP contribution in [0.25, 0.3) is 11.2 Å². The van der Waals surface area contributed by atoms with E-state index in [1.165, 1.54) is 16.3 Å². The van der Waals surface area contributed by atoms with E-state index in [4.69, 9.17) is 19.5 Å². The van der Waals surface area contributed by atoms with Crippen LogP contribution in [0.1, 0.15) is 25.5 Å². The molecule has 1 aromatic carbocycles. The number of nitrogens with one attached hydrogen (secondary N) is 2. The van der Waals surface area contributed by atoms with Crippen LogP contribution in [0.4, 0.5) is 17.3 Å². The summed E-state index contributed by atoms with van der Waals surface area (Å²) in [7, 11) is -0.699. The molecule has 5 N–H and O–H groups in total. The molecule has 0 bridgehead atoms. The molecular weight excluding hydrogens is 565 g/mol. The third kappa shape index (κ3) is 6.02. The van der Waals surface area contributed by atoms with Gasteiger partial charge in [0, 0.05) is 37.6 Å². The number of nitrogens with two attached hydrogens (primary N) is 1. The molecule has 40 heavy (non-hydrogen) atoms. The number of amides is 1. The minimum Gasteiger partial charge on any atom is -0.756 e. The number of carbonyl (C=O) groups excluding carboxylic acids is 1. The SMILES string of the molecule is CN(C)c1ccc(NC(=O)CCCCSc2nc3c(=O)[nH]c(N)nc3n2[C@@H]2OC3COP(=O)([O-])O[C@H]3C2O)cc1. The van der Waals surface area contributed by atoms with Crippen LogP contribution in [0, 0.1) is 0 Å². The zero-order chi connectivity index (χ0) is 28.6. The number of anilines is 3. The van der Waals surface area contributed by atoms with Crippen molar-refractivity contribution in [2.24, 2.45) is 0 Å². The summed E-state index contributed by atoms with van der Waals surface area (Å²) < 4.78 is 28.7. The molecule has 0 aliphatic carbocycles. The molecule has 2 saturated heterocycles.